The Bertz CT molecular complexity index is 1650. The Morgan fingerprint density at radius 2 is 0.380 bits per heavy atom. The molecule has 0 saturated carbocycles. The standard InChI is InChI=1S/C36H30NP2.5CO.Re/c1-7-19-31(20-8-1)38(32-21-9-2-10-22-32,33-23-11-3-12-24-33)37-39(34-25-13-4-14-26-34,35-27-15-5-16-28-35)36-29-17-6-18-30-36;5*1-2;/h1-30H;;;;;;/q+1;;;;;;. The molecule has 0 amide bonds. The Kier molecular flexibility index (Phi) is 23.7. The molecule has 6 aromatic carbocycles. The fourth-order valence-electron chi connectivity index (χ4n) is 5.27. The average molecular weight is 865 g/mol. The molecular formula is C41H30NO5P2Re+. The van der Waals surface area contributed by atoms with Crippen LogP contribution < -0.4 is 36.0 Å². The minimum Gasteiger partial charge on any atom is -0.148 e. The van der Waals surface area contributed by atoms with Gasteiger partial charge in [-0.3, -0.25) is 0 Å². The third-order valence-corrected chi connectivity index (χ3v) is 15.5. The molecule has 0 fully saturated rings. The van der Waals surface area contributed by atoms with Crippen LogP contribution in [0.3, 0.4) is 0 Å². The van der Waals surface area contributed by atoms with Crippen LogP contribution in [-0.4, -0.2) is 0 Å². The zero-order chi connectivity index (χ0) is 36.4. The van der Waals surface area contributed by atoms with Crippen molar-refractivity contribution >= 4 is 45.9 Å². The predicted molar refractivity (Wildman–Crippen MR) is 192 cm³/mol. The van der Waals surface area contributed by atoms with E-state index in [1.165, 1.54) is 31.8 Å². The van der Waals surface area contributed by atoms with Crippen LogP contribution >= 0.6 is 14.1 Å². The molecule has 6 rings (SSSR count). The molecular weight excluding hydrogens is 835 g/mol. The molecule has 0 spiro atoms. The van der Waals surface area contributed by atoms with Gasteiger partial charge in [0.15, 0.2) is 0 Å². The van der Waals surface area contributed by atoms with Gasteiger partial charge >= 0.3 is 70.6 Å². The first kappa shape index (κ1) is 45.3. The quantitative estimate of drug-likeness (QED) is 0.0821. The van der Waals surface area contributed by atoms with Crippen molar-refractivity contribution in [3.05, 3.63) is 215 Å². The topological polar surface area (TPSA) is 114 Å². The molecule has 6 aromatic rings. The van der Waals surface area contributed by atoms with Gasteiger partial charge in [-0.05, 0) is 72.8 Å². The third kappa shape index (κ3) is 10.6. The summed E-state index contributed by atoms with van der Waals surface area (Å²) in [6.45, 7) is 22.5. The van der Waals surface area contributed by atoms with E-state index in [0.29, 0.717) is 0 Å². The van der Waals surface area contributed by atoms with E-state index in [4.69, 9.17) is 27.4 Å². The molecule has 0 aliphatic rings. The van der Waals surface area contributed by atoms with Gasteiger partial charge in [-0.1, -0.05) is 109 Å². The molecule has 0 bridgehead atoms. The van der Waals surface area contributed by atoms with Gasteiger partial charge in [0.1, 0.15) is 0 Å². The summed E-state index contributed by atoms with van der Waals surface area (Å²) in [6.07, 6.45) is 0. The molecule has 1 radical (unpaired) electrons. The van der Waals surface area contributed by atoms with Crippen LogP contribution in [0.15, 0.2) is 182 Å². The first-order chi connectivity index (χ1) is 24.3. The van der Waals surface area contributed by atoms with Crippen molar-refractivity contribution in [1.29, 1.82) is 0 Å². The zero-order valence-electron chi connectivity index (χ0n) is 26.6. The summed E-state index contributed by atoms with van der Waals surface area (Å²) < 4.78 is 43.9. The third-order valence-electron chi connectivity index (χ3n) is 7.05. The number of hydrogen-bond acceptors (Lipinski definition) is 0. The molecule has 0 N–H and O–H groups in total. The van der Waals surface area contributed by atoms with E-state index in [2.05, 4.69) is 215 Å². The second kappa shape index (κ2) is 26.2. The molecule has 6 nitrogen and oxygen atoms in total. The second-order valence-electron chi connectivity index (χ2n) is 9.37. The second-order valence-corrected chi connectivity index (χ2v) is 15.7. The summed E-state index contributed by atoms with van der Waals surface area (Å²) in [6, 6.07) is 65.7. The molecule has 50 heavy (non-hydrogen) atoms. The Morgan fingerprint density at radius 3 is 0.500 bits per heavy atom. The molecule has 245 valence electrons. The summed E-state index contributed by atoms with van der Waals surface area (Å²) in [5.74, 6) is 0. The van der Waals surface area contributed by atoms with Crippen LogP contribution in [0.5, 0.6) is 0 Å². The van der Waals surface area contributed by atoms with Crippen LogP contribution in [0.4, 0.5) is 0 Å². The summed E-state index contributed by atoms with van der Waals surface area (Å²) in [4.78, 5) is 0. The molecule has 0 aliphatic carbocycles. The largest absolute Gasteiger partial charge is 0.301 e. The predicted octanol–water partition coefficient (Wildman–Crippen LogP) is 6.22. The molecule has 0 atom stereocenters. The Hall–Kier alpha value is -4.75. The molecule has 9 heteroatoms. The molecule has 0 aliphatic heterocycles. The first-order valence-electron chi connectivity index (χ1n) is 14.2. The van der Waals surface area contributed by atoms with Gasteiger partial charge < -0.3 is 0 Å². The molecule has 0 unspecified atom stereocenters. The Morgan fingerprint density at radius 1 is 0.260 bits per heavy atom. The molecule has 0 aromatic heterocycles. The summed E-state index contributed by atoms with van der Waals surface area (Å²) in [5, 5.41) is 7.55. The number of benzene rings is 6. The fourth-order valence-corrected chi connectivity index (χ4v) is 14.8. The number of nitrogens with zero attached hydrogens (tertiary/aromatic N) is 1. The van der Waals surface area contributed by atoms with Gasteiger partial charge in [0.05, 0.1) is 31.8 Å². The number of rotatable bonds is 6. The van der Waals surface area contributed by atoms with Gasteiger partial charge in [0.25, 0.3) is 0 Å². The fraction of sp³-hybridized carbons (Fsp3) is 0. The summed E-state index contributed by atoms with van der Waals surface area (Å²) in [7, 11) is -4.99. The Labute approximate surface area is 307 Å². The van der Waals surface area contributed by atoms with Crippen LogP contribution in [0.2, 0.25) is 0 Å². The zero-order valence-corrected chi connectivity index (χ0v) is 31.1. The maximum absolute atomic E-state index is 7.50. The minimum absolute atomic E-state index is 0. The van der Waals surface area contributed by atoms with Crippen LogP contribution in [-0.2, 0) is 43.7 Å². The van der Waals surface area contributed by atoms with Crippen molar-refractivity contribution < 1.29 is 43.7 Å². The summed E-state index contributed by atoms with van der Waals surface area (Å²) in [5.41, 5.74) is 0. The molecule has 0 saturated heterocycles. The summed E-state index contributed by atoms with van der Waals surface area (Å²) >= 11 is 0. The SMILES string of the molecule is [C-]#[O+].[C-]#[O+].[C-]#[O+].[C-]#[O+].[C-]#[O+].[Re].c1ccc(P(=[N+]=P(c2ccccc2)(c2ccccc2)c2ccccc2)(c2ccccc2)c2ccccc2)cc1. The van der Waals surface area contributed by atoms with Crippen molar-refractivity contribution in [1.82, 2.24) is 4.17 Å². The van der Waals surface area contributed by atoms with Gasteiger partial charge in [-0.25, -0.2) is 0 Å². The van der Waals surface area contributed by atoms with Crippen molar-refractivity contribution in [2.45, 2.75) is 0 Å². The van der Waals surface area contributed by atoms with E-state index in [0.717, 1.165) is 0 Å². The van der Waals surface area contributed by atoms with E-state index < -0.39 is 14.1 Å². The maximum Gasteiger partial charge on any atom is 0.301 e. The van der Waals surface area contributed by atoms with E-state index >= 15 is 0 Å². The van der Waals surface area contributed by atoms with Crippen molar-refractivity contribution in [3.63, 3.8) is 0 Å². The monoisotopic (exact) mass is 865 g/mol. The van der Waals surface area contributed by atoms with Crippen molar-refractivity contribution in [2.75, 3.05) is 0 Å². The van der Waals surface area contributed by atoms with Gasteiger partial charge in [0.2, 0.25) is 0 Å². The smallest absolute Gasteiger partial charge is 0.148 e. The number of hydrogen-bond donors (Lipinski definition) is 0. The first-order valence-corrected chi connectivity index (χ1v) is 17.7. The minimum atomic E-state index is -2.50. The molecule has 0 heterocycles. The maximum atomic E-state index is 7.50. The van der Waals surface area contributed by atoms with E-state index in [1.54, 1.807) is 0 Å². The normalized spacial score (nSPS) is 9.16. The average Bonchev–Trinajstić information content (AvgIpc) is 3.24. The van der Waals surface area contributed by atoms with E-state index in [-0.39, 0.29) is 20.4 Å². The van der Waals surface area contributed by atoms with Crippen LogP contribution in [0, 0.1) is 33.3 Å². The van der Waals surface area contributed by atoms with Crippen LogP contribution in [0.25, 0.3) is 0 Å². The van der Waals surface area contributed by atoms with E-state index in [9.17, 15) is 0 Å². The van der Waals surface area contributed by atoms with Gasteiger partial charge in [-0.15, -0.1) is 4.17 Å². The Balaban J connectivity index is 0.00000201. The van der Waals surface area contributed by atoms with E-state index in [1.807, 2.05) is 0 Å². The van der Waals surface area contributed by atoms with Gasteiger partial charge in [0, 0.05) is 20.4 Å². The van der Waals surface area contributed by atoms with Crippen LogP contribution in [0.1, 0.15) is 0 Å². The van der Waals surface area contributed by atoms with Crippen molar-refractivity contribution in [2.24, 2.45) is 0 Å². The van der Waals surface area contributed by atoms with Gasteiger partial charge in [-0.2, -0.15) is 0 Å². The van der Waals surface area contributed by atoms with Crippen molar-refractivity contribution in [3.8, 4) is 0 Å².